The van der Waals surface area contributed by atoms with Crippen LogP contribution in [0, 0.1) is 13.8 Å². The molecule has 0 aliphatic carbocycles. The number of ether oxygens (including phenoxy) is 1. The van der Waals surface area contributed by atoms with Gasteiger partial charge in [-0.05, 0) is 51.0 Å². The zero-order valence-electron chi connectivity index (χ0n) is 10.1. The first-order valence-electron chi connectivity index (χ1n) is 5.18. The number of benzene rings is 1. The van der Waals surface area contributed by atoms with Crippen LogP contribution < -0.4 is 10.1 Å². The molecule has 0 saturated heterocycles. The maximum atomic E-state index is 11.3. The van der Waals surface area contributed by atoms with Gasteiger partial charge >= 0.3 is 6.09 Å². The van der Waals surface area contributed by atoms with Gasteiger partial charge in [0, 0.05) is 6.20 Å². The average molecular weight is 219 g/mol. The summed E-state index contributed by atoms with van der Waals surface area (Å²) in [5.74, 6) is 0.558. The molecule has 0 aromatic heterocycles. The van der Waals surface area contributed by atoms with Crippen LogP contribution in [0.5, 0.6) is 5.75 Å². The van der Waals surface area contributed by atoms with E-state index in [1.807, 2.05) is 39.8 Å². The average Bonchev–Trinajstić information content (AvgIpc) is 2.21. The van der Waals surface area contributed by atoms with Crippen LogP contribution in [0.4, 0.5) is 4.79 Å². The van der Waals surface area contributed by atoms with E-state index in [0.717, 1.165) is 11.1 Å². The summed E-state index contributed by atoms with van der Waals surface area (Å²) in [5.41, 5.74) is 3.29. The molecule has 0 saturated carbocycles. The molecule has 0 atom stereocenters. The van der Waals surface area contributed by atoms with Crippen LogP contribution in [0.3, 0.4) is 0 Å². The van der Waals surface area contributed by atoms with Crippen LogP contribution in [-0.2, 0) is 0 Å². The first-order chi connectivity index (χ1) is 7.49. The fraction of sp³-hybridized carbons (Fsp3) is 0.308. The zero-order chi connectivity index (χ0) is 12.1. The third-order valence-electron chi connectivity index (χ3n) is 2.17. The second-order valence-electron chi connectivity index (χ2n) is 4.00. The minimum atomic E-state index is -0.468. The Kier molecular flexibility index (Phi) is 4.11. The standard InChI is InChI=1S/C13H17NO2/c1-9(2)8-14-13(15)16-12-6-5-10(3)11(4)7-12/h5-8H,1-4H3,(H,14,15). The zero-order valence-corrected chi connectivity index (χ0v) is 10.1. The van der Waals surface area contributed by atoms with Gasteiger partial charge in [-0.25, -0.2) is 4.79 Å². The van der Waals surface area contributed by atoms with E-state index < -0.39 is 6.09 Å². The smallest absolute Gasteiger partial charge is 0.410 e. The molecule has 0 heterocycles. The van der Waals surface area contributed by atoms with Crippen LogP contribution in [0.1, 0.15) is 25.0 Å². The molecular weight excluding hydrogens is 202 g/mol. The summed E-state index contributed by atoms with van der Waals surface area (Å²) in [6.07, 6.45) is 1.15. The number of amides is 1. The molecular formula is C13H17NO2. The van der Waals surface area contributed by atoms with Gasteiger partial charge in [0.2, 0.25) is 0 Å². The maximum absolute atomic E-state index is 11.3. The molecule has 1 aromatic rings. The number of hydrogen-bond donors (Lipinski definition) is 1. The van der Waals surface area contributed by atoms with Gasteiger partial charge in [-0.15, -0.1) is 0 Å². The highest BCUT2D eigenvalue weighted by Gasteiger charge is 2.03. The molecule has 1 aromatic carbocycles. The van der Waals surface area contributed by atoms with Crippen molar-refractivity contribution in [3.8, 4) is 5.75 Å². The lowest BCUT2D eigenvalue weighted by molar-refractivity contribution is 0.204. The highest BCUT2D eigenvalue weighted by Crippen LogP contribution is 2.16. The molecule has 0 unspecified atom stereocenters. The van der Waals surface area contributed by atoms with Gasteiger partial charge in [-0.1, -0.05) is 11.6 Å². The molecule has 0 aliphatic rings. The summed E-state index contributed by atoms with van der Waals surface area (Å²) in [6.45, 7) is 7.80. The normalized spacial score (nSPS) is 9.50. The van der Waals surface area contributed by atoms with Crippen molar-refractivity contribution in [3.05, 3.63) is 41.1 Å². The van der Waals surface area contributed by atoms with Crippen LogP contribution in [0.2, 0.25) is 0 Å². The number of aryl methyl sites for hydroxylation is 2. The summed E-state index contributed by atoms with van der Waals surface area (Å²) in [7, 11) is 0. The van der Waals surface area contributed by atoms with E-state index in [-0.39, 0.29) is 0 Å². The molecule has 0 radical (unpaired) electrons. The summed E-state index contributed by atoms with van der Waals surface area (Å²) < 4.78 is 5.11. The molecule has 1 amide bonds. The fourth-order valence-corrected chi connectivity index (χ4v) is 1.12. The van der Waals surface area contributed by atoms with Crippen LogP contribution in [-0.4, -0.2) is 6.09 Å². The molecule has 0 bridgehead atoms. The molecule has 1 N–H and O–H groups in total. The summed E-state index contributed by atoms with van der Waals surface area (Å²) >= 11 is 0. The maximum Gasteiger partial charge on any atom is 0.416 e. The Balaban J connectivity index is 2.63. The second kappa shape index (κ2) is 5.35. The summed E-state index contributed by atoms with van der Waals surface area (Å²) in [6, 6.07) is 5.56. The Labute approximate surface area is 96.1 Å². The highest BCUT2D eigenvalue weighted by atomic mass is 16.5. The molecule has 0 spiro atoms. The number of carbonyl (C=O) groups is 1. The lowest BCUT2D eigenvalue weighted by Crippen LogP contribution is -2.21. The van der Waals surface area contributed by atoms with Crippen molar-refractivity contribution in [2.24, 2.45) is 0 Å². The first kappa shape index (κ1) is 12.3. The largest absolute Gasteiger partial charge is 0.416 e. The summed E-state index contributed by atoms with van der Waals surface area (Å²) in [4.78, 5) is 11.3. The van der Waals surface area contributed by atoms with E-state index in [2.05, 4.69) is 5.32 Å². The van der Waals surface area contributed by atoms with Gasteiger partial charge < -0.3 is 4.74 Å². The van der Waals surface area contributed by atoms with Crippen LogP contribution in [0.25, 0.3) is 0 Å². The number of nitrogens with one attached hydrogen (secondary N) is 1. The quantitative estimate of drug-likeness (QED) is 0.828. The van der Waals surface area contributed by atoms with Crippen molar-refractivity contribution in [1.82, 2.24) is 5.32 Å². The van der Waals surface area contributed by atoms with Crippen LogP contribution in [0.15, 0.2) is 30.0 Å². The van der Waals surface area contributed by atoms with Crippen molar-refractivity contribution in [2.75, 3.05) is 0 Å². The lowest BCUT2D eigenvalue weighted by atomic mass is 10.1. The molecule has 86 valence electrons. The number of allylic oxidation sites excluding steroid dienone is 1. The summed E-state index contributed by atoms with van der Waals surface area (Å²) in [5, 5.41) is 2.54. The number of carbonyl (C=O) groups excluding carboxylic acids is 1. The topological polar surface area (TPSA) is 38.3 Å². The van der Waals surface area contributed by atoms with E-state index in [4.69, 9.17) is 4.74 Å². The lowest BCUT2D eigenvalue weighted by Gasteiger charge is -2.06. The first-order valence-corrected chi connectivity index (χ1v) is 5.18. The van der Waals surface area contributed by atoms with Gasteiger partial charge in [0.25, 0.3) is 0 Å². The molecule has 0 aliphatic heterocycles. The predicted octanol–water partition coefficient (Wildman–Crippen LogP) is 3.32. The predicted molar refractivity (Wildman–Crippen MR) is 64.5 cm³/mol. The Morgan fingerprint density at radius 2 is 1.94 bits per heavy atom. The molecule has 3 nitrogen and oxygen atoms in total. The van der Waals surface area contributed by atoms with E-state index in [1.54, 1.807) is 12.3 Å². The van der Waals surface area contributed by atoms with E-state index in [9.17, 15) is 4.79 Å². The van der Waals surface area contributed by atoms with Gasteiger partial charge in [-0.3, -0.25) is 5.32 Å². The number of hydrogen-bond acceptors (Lipinski definition) is 2. The van der Waals surface area contributed by atoms with Crippen molar-refractivity contribution in [2.45, 2.75) is 27.7 Å². The third kappa shape index (κ3) is 3.77. The Morgan fingerprint density at radius 3 is 2.50 bits per heavy atom. The SMILES string of the molecule is CC(C)=CNC(=O)Oc1ccc(C)c(C)c1. The van der Waals surface area contributed by atoms with Gasteiger partial charge in [0.1, 0.15) is 5.75 Å². The molecule has 3 heteroatoms. The third-order valence-corrected chi connectivity index (χ3v) is 2.17. The second-order valence-corrected chi connectivity index (χ2v) is 4.00. The Hall–Kier alpha value is -1.77. The molecule has 0 fully saturated rings. The number of rotatable bonds is 2. The molecule has 1 rings (SSSR count). The van der Waals surface area contributed by atoms with Crippen molar-refractivity contribution in [1.29, 1.82) is 0 Å². The highest BCUT2D eigenvalue weighted by molar-refractivity contribution is 5.71. The van der Waals surface area contributed by atoms with Gasteiger partial charge in [-0.2, -0.15) is 0 Å². The van der Waals surface area contributed by atoms with Crippen molar-refractivity contribution >= 4 is 6.09 Å². The minimum absolute atomic E-state index is 0.468. The van der Waals surface area contributed by atoms with Crippen LogP contribution >= 0.6 is 0 Å². The minimum Gasteiger partial charge on any atom is -0.410 e. The van der Waals surface area contributed by atoms with Gasteiger partial charge in [0.05, 0.1) is 0 Å². The fourth-order valence-electron chi connectivity index (χ4n) is 1.12. The van der Waals surface area contributed by atoms with E-state index in [1.165, 1.54) is 5.56 Å². The monoisotopic (exact) mass is 219 g/mol. The Bertz CT molecular complexity index is 418. The van der Waals surface area contributed by atoms with Gasteiger partial charge in [0.15, 0.2) is 0 Å². The van der Waals surface area contributed by atoms with E-state index >= 15 is 0 Å². The molecule has 16 heavy (non-hydrogen) atoms. The Morgan fingerprint density at radius 1 is 1.25 bits per heavy atom. The van der Waals surface area contributed by atoms with Crippen molar-refractivity contribution < 1.29 is 9.53 Å². The van der Waals surface area contributed by atoms with Crippen molar-refractivity contribution in [3.63, 3.8) is 0 Å². The van der Waals surface area contributed by atoms with E-state index in [0.29, 0.717) is 5.75 Å².